The van der Waals surface area contributed by atoms with Crippen molar-refractivity contribution in [3.63, 3.8) is 0 Å². The maximum Gasteiger partial charge on any atom is -0.0282 e. The molecule has 0 atom stereocenters. The zero-order chi connectivity index (χ0) is 10.8. The lowest BCUT2D eigenvalue weighted by molar-refractivity contribution is 0.692. The minimum absolute atomic E-state index is 1.15. The fourth-order valence-electron chi connectivity index (χ4n) is 1.53. The Balaban J connectivity index is 3.50. The summed E-state index contributed by atoms with van der Waals surface area (Å²) in [4.78, 5) is 0. The van der Waals surface area contributed by atoms with Crippen molar-refractivity contribution >= 4 is 0 Å². The molecule has 0 N–H and O–H groups in total. The molecule has 0 radical (unpaired) electrons. The molecule has 0 aromatic rings. The number of rotatable bonds is 9. The van der Waals surface area contributed by atoms with Crippen LogP contribution in [0.1, 0.15) is 65.2 Å². The topological polar surface area (TPSA) is 0 Å². The van der Waals surface area contributed by atoms with Gasteiger partial charge in [0.15, 0.2) is 0 Å². The lowest BCUT2D eigenvalue weighted by atomic mass is 9.98. The van der Waals surface area contributed by atoms with Crippen molar-refractivity contribution in [2.75, 3.05) is 0 Å². The lowest BCUT2D eigenvalue weighted by Gasteiger charge is -2.08. The van der Waals surface area contributed by atoms with Gasteiger partial charge in [-0.15, -0.1) is 0 Å². The molecule has 0 bridgehead atoms. The summed E-state index contributed by atoms with van der Waals surface area (Å²) >= 11 is 0. The van der Waals surface area contributed by atoms with Crippen LogP contribution in [0.5, 0.6) is 0 Å². The summed E-state index contributed by atoms with van der Waals surface area (Å²) in [6.45, 7) is 12.7. The molecule has 0 aliphatic heterocycles. The van der Waals surface area contributed by atoms with Crippen molar-refractivity contribution in [2.24, 2.45) is 0 Å². The van der Waals surface area contributed by atoms with Crippen LogP contribution in [0, 0.1) is 0 Å². The zero-order valence-electron chi connectivity index (χ0n) is 10.1. The first-order valence-electron chi connectivity index (χ1n) is 6.08. The fourth-order valence-corrected chi connectivity index (χ4v) is 1.53. The second-order valence-corrected chi connectivity index (χ2v) is 4.12. The monoisotopic (exact) mass is 194 g/mol. The summed E-state index contributed by atoms with van der Waals surface area (Å²) in [5.74, 6) is 0. The van der Waals surface area contributed by atoms with Crippen molar-refractivity contribution < 1.29 is 0 Å². The van der Waals surface area contributed by atoms with Crippen molar-refractivity contribution in [1.29, 1.82) is 0 Å². The Morgan fingerprint density at radius 1 is 0.714 bits per heavy atom. The first-order valence-corrected chi connectivity index (χ1v) is 6.08. The Morgan fingerprint density at radius 2 is 1.07 bits per heavy atom. The van der Waals surface area contributed by atoms with Crippen LogP contribution in [0.25, 0.3) is 0 Å². The first-order chi connectivity index (χ1) is 6.72. The lowest BCUT2D eigenvalue weighted by Crippen LogP contribution is -1.88. The predicted molar refractivity (Wildman–Crippen MR) is 66.6 cm³/mol. The third kappa shape index (κ3) is 6.94. The highest BCUT2D eigenvalue weighted by Crippen LogP contribution is 2.19. The van der Waals surface area contributed by atoms with Crippen LogP contribution in [0.15, 0.2) is 24.3 Å². The molecule has 0 unspecified atom stereocenters. The van der Waals surface area contributed by atoms with Crippen molar-refractivity contribution in [1.82, 2.24) is 0 Å². The van der Waals surface area contributed by atoms with E-state index < -0.39 is 0 Å². The van der Waals surface area contributed by atoms with Gasteiger partial charge in [0.25, 0.3) is 0 Å². The Labute approximate surface area is 90.1 Å². The number of hydrogen-bond donors (Lipinski definition) is 0. The van der Waals surface area contributed by atoms with E-state index in [0.717, 1.165) is 12.8 Å². The third-order valence-corrected chi connectivity index (χ3v) is 2.66. The van der Waals surface area contributed by atoms with E-state index in [9.17, 15) is 0 Å². The van der Waals surface area contributed by atoms with Gasteiger partial charge in [-0.1, -0.05) is 63.8 Å². The maximum absolute atomic E-state index is 4.11. The van der Waals surface area contributed by atoms with E-state index in [1.54, 1.807) is 0 Å². The van der Waals surface area contributed by atoms with Gasteiger partial charge in [0, 0.05) is 0 Å². The van der Waals surface area contributed by atoms with Gasteiger partial charge in [-0.25, -0.2) is 0 Å². The van der Waals surface area contributed by atoms with Gasteiger partial charge in [-0.2, -0.15) is 0 Å². The van der Waals surface area contributed by atoms with Crippen LogP contribution in [0.2, 0.25) is 0 Å². The van der Waals surface area contributed by atoms with Gasteiger partial charge in [-0.3, -0.25) is 0 Å². The molecular formula is C14H26. The smallest absolute Gasteiger partial charge is 0.0282 e. The molecule has 0 aromatic carbocycles. The SMILES string of the molecule is C=C(CCCCC)C(=C)CCCCC. The molecule has 0 heteroatoms. The molecule has 0 aromatic heterocycles. The predicted octanol–water partition coefficient (Wildman–Crippen LogP) is 5.26. The molecule has 0 fully saturated rings. The van der Waals surface area contributed by atoms with E-state index in [-0.39, 0.29) is 0 Å². The second-order valence-electron chi connectivity index (χ2n) is 4.12. The maximum atomic E-state index is 4.11. The van der Waals surface area contributed by atoms with Crippen molar-refractivity contribution in [2.45, 2.75) is 65.2 Å². The van der Waals surface area contributed by atoms with Gasteiger partial charge in [-0.05, 0) is 25.7 Å². The average Bonchev–Trinajstić information content (AvgIpc) is 2.18. The Kier molecular flexibility index (Phi) is 8.72. The normalized spacial score (nSPS) is 10.1. The molecule has 82 valence electrons. The molecule has 0 spiro atoms. The largest absolute Gasteiger partial charge is 0.0956 e. The van der Waals surface area contributed by atoms with Gasteiger partial charge >= 0.3 is 0 Å². The molecule has 0 saturated carbocycles. The summed E-state index contributed by atoms with van der Waals surface area (Å²) < 4.78 is 0. The Bertz CT molecular complexity index is 145. The molecule has 0 rings (SSSR count). The van der Waals surface area contributed by atoms with Crippen LogP contribution in [-0.4, -0.2) is 0 Å². The minimum atomic E-state index is 1.15. The van der Waals surface area contributed by atoms with Crippen LogP contribution in [0.3, 0.4) is 0 Å². The van der Waals surface area contributed by atoms with E-state index in [4.69, 9.17) is 0 Å². The fraction of sp³-hybridized carbons (Fsp3) is 0.714. The van der Waals surface area contributed by atoms with E-state index in [1.165, 1.54) is 49.7 Å². The van der Waals surface area contributed by atoms with Crippen molar-refractivity contribution in [3.05, 3.63) is 24.3 Å². The van der Waals surface area contributed by atoms with Crippen molar-refractivity contribution in [3.8, 4) is 0 Å². The zero-order valence-corrected chi connectivity index (χ0v) is 10.1. The summed E-state index contributed by atoms with van der Waals surface area (Å²) in [6.07, 6.45) is 10.1. The molecule has 0 aliphatic rings. The van der Waals surface area contributed by atoms with E-state index in [2.05, 4.69) is 27.0 Å². The Hall–Kier alpha value is -0.520. The molecule has 0 aliphatic carbocycles. The van der Waals surface area contributed by atoms with Gasteiger partial charge in [0.2, 0.25) is 0 Å². The van der Waals surface area contributed by atoms with Crippen LogP contribution >= 0.6 is 0 Å². The van der Waals surface area contributed by atoms with Crippen LogP contribution in [0.4, 0.5) is 0 Å². The van der Waals surface area contributed by atoms with Crippen LogP contribution in [-0.2, 0) is 0 Å². The molecule has 0 saturated heterocycles. The summed E-state index contributed by atoms with van der Waals surface area (Å²) in [5.41, 5.74) is 2.57. The summed E-state index contributed by atoms with van der Waals surface area (Å²) in [6, 6.07) is 0. The number of hydrogen-bond acceptors (Lipinski definition) is 0. The minimum Gasteiger partial charge on any atom is -0.0956 e. The second kappa shape index (κ2) is 9.05. The highest BCUT2D eigenvalue weighted by Gasteiger charge is 1.99. The summed E-state index contributed by atoms with van der Waals surface area (Å²) in [7, 11) is 0. The van der Waals surface area contributed by atoms with Gasteiger partial charge in [0.1, 0.15) is 0 Å². The highest BCUT2D eigenvalue weighted by atomic mass is 14.1. The van der Waals surface area contributed by atoms with Crippen LogP contribution < -0.4 is 0 Å². The van der Waals surface area contributed by atoms with E-state index in [1.807, 2.05) is 0 Å². The highest BCUT2D eigenvalue weighted by molar-refractivity contribution is 5.24. The average molecular weight is 194 g/mol. The van der Waals surface area contributed by atoms with E-state index >= 15 is 0 Å². The molecule has 0 nitrogen and oxygen atoms in total. The quantitative estimate of drug-likeness (QED) is 0.347. The molecule has 0 heterocycles. The first kappa shape index (κ1) is 13.5. The van der Waals surface area contributed by atoms with Gasteiger partial charge < -0.3 is 0 Å². The number of allylic oxidation sites excluding steroid dienone is 2. The molecule has 0 amide bonds. The third-order valence-electron chi connectivity index (χ3n) is 2.66. The van der Waals surface area contributed by atoms with E-state index in [0.29, 0.717) is 0 Å². The molecular weight excluding hydrogens is 168 g/mol. The summed E-state index contributed by atoms with van der Waals surface area (Å²) in [5, 5.41) is 0. The molecule has 14 heavy (non-hydrogen) atoms. The number of unbranched alkanes of at least 4 members (excludes halogenated alkanes) is 4. The Morgan fingerprint density at radius 3 is 1.36 bits per heavy atom. The van der Waals surface area contributed by atoms with Gasteiger partial charge in [0.05, 0.1) is 0 Å². The standard InChI is InChI=1S/C14H26/c1-5-7-9-11-13(3)14(4)12-10-8-6-2/h3-12H2,1-2H3.